The fraction of sp³-hybridized carbons (Fsp3) is 0. The highest BCUT2D eigenvalue weighted by Gasteiger charge is 2.22. The molecule has 4 heteroatoms. The zero-order chi connectivity index (χ0) is 33.9. The molecular formula is C48H29N3O. The lowest BCUT2D eigenvalue weighted by Crippen LogP contribution is -1.97. The van der Waals surface area contributed by atoms with Crippen LogP contribution in [0.1, 0.15) is 0 Å². The van der Waals surface area contributed by atoms with Gasteiger partial charge in [-0.3, -0.25) is 0 Å². The Kier molecular flexibility index (Phi) is 5.47. The summed E-state index contributed by atoms with van der Waals surface area (Å²) in [5.74, 6) is 0. The number of benzene rings is 8. The number of aromatic nitrogens is 3. The van der Waals surface area contributed by atoms with Gasteiger partial charge >= 0.3 is 0 Å². The molecular weight excluding hydrogens is 635 g/mol. The molecule has 4 aromatic heterocycles. The molecule has 52 heavy (non-hydrogen) atoms. The Labute approximate surface area is 297 Å². The summed E-state index contributed by atoms with van der Waals surface area (Å²) in [6, 6.07) is 63.5. The highest BCUT2D eigenvalue weighted by atomic mass is 16.3. The average molecular weight is 664 g/mol. The summed E-state index contributed by atoms with van der Waals surface area (Å²) < 4.78 is 13.8. The molecule has 0 saturated heterocycles. The smallest absolute Gasteiger partial charge is 0.159 e. The molecule has 8 aromatic carbocycles. The molecule has 0 atom stereocenters. The number of hydrogen-bond donors (Lipinski definition) is 0. The van der Waals surface area contributed by atoms with Crippen molar-refractivity contribution < 1.29 is 4.42 Å². The Hall–Kier alpha value is -7.04. The molecule has 0 saturated carbocycles. The second kappa shape index (κ2) is 10.3. The summed E-state index contributed by atoms with van der Waals surface area (Å²) in [5, 5.41) is 9.65. The first kappa shape index (κ1) is 27.7. The zero-order valence-electron chi connectivity index (χ0n) is 28.0. The molecule has 0 aliphatic rings. The molecule has 4 nitrogen and oxygen atoms in total. The van der Waals surface area contributed by atoms with Crippen LogP contribution >= 0.6 is 0 Å². The van der Waals surface area contributed by atoms with Crippen LogP contribution in [0.5, 0.6) is 0 Å². The highest BCUT2D eigenvalue weighted by Crippen LogP contribution is 2.43. The van der Waals surface area contributed by atoms with Crippen LogP contribution < -0.4 is 0 Å². The Morgan fingerprint density at radius 2 is 0.788 bits per heavy atom. The van der Waals surface area contributed by atoms with Crippen LogP contribution in [-0.2, 0) is 0 Å². The van der Waals surface area contributed by atoms with E-state index < -0.39 is 0 Å². The third-order valence-corrected chi connectivity index (χ3v) is 11.0. The van der Waals surface area contributed by atoms with E-state index in [1.165, 1.54) is 54.4 Å². The highest BCUT2D eigenvalue weighted by molar-refractivity contribution is 6.18. The van der Waals surface area contributed by atoms with Crippen molar-refractivity contribution in [2.24, 2.45) is 0 Å². The van der Waals surface area contributed by atoms with Gasteiger partial charge in [0.05, 0.1) is 44.5 Å². The number of furan rings is 1. The summed E-state index contributed by atoms with van der Waals surface area (Å²) in [6.45, 7) is 0. The van der Waals surface area contributed by atoms with Gasteiger partial charge < -0.3 is 18.1 Å². The summed E-state index contributed by atoms with van der Waals surface area (Å²) in [5.41, 5.74) is 12.2. The fourth-order valence-electron chi connectivity index (χ4n) is 8.91. The average Bonchev–Trinajstić information content (AvgIpc) is 3.94. The monoisotopic (exact) mass is 663 g/mol. The van der Waals surface area contributed by atoms with Crippen molar-refractivity contribution in [1.29, 1.82) is 0 Å². The SMILES string of the molecule is c1ccc2c(c1)oc1c(-n3c4ccccc4c4c(-n5c6ccccc6c6cc(-n7c8ccccc8c8ccccc87)ccc65)cccc43)cccc12. The van der Waals surface area contributed by atoms with E-state index in [-0.39, 0.29) is 0 Å². The Morgan fingerprint density at radius 3 is 1.52 bits per heavy atom. The third kappa shape index (κ3) is 3.60. The minimum absolute atomic E-state index is 0.895. The third-order valence-electron chi connectivity index (χ3n) is 11.0. The van der Waals surface area contributed by atoms with Crippen molar-refractivity contribution in [3.8, 4) is 17.1 Å². The van der Waals surface area contributed by atoms with Crippen LogP contribution in [0.15, 0.2) is 180 Å². The Morgan fingerprint density at radius 1 is 0.308 bits per heavy atom. The number of rotatable bonds is 3. The first-order valence-corrected chi connectivity index (χ1v) is 17.8. The van der Waals surface area contributed by atoms with Gasteiger partial charge in [-0.05, 0) is 66.7 Å². The lowest BCUT2D eigenvalue weighted by molar-refractivity contribution is 0.666. The standard InChI is InChI=1S/C48H29N3O/c1-6-19-38-31(13-1)32-14-2-7-20-39(32)49(38)30-27-28-42-37(29-30)33-15-3-8-21-40(33)50(42)43-23-12-24-44-47(43)36-17-4-9-22-41(36)51(44)45-25-11-18-35-34-16-5-10-26-46(34)52-48(35)45/h1-29H. The summed E-state index contributed by atoms with van der Waals surface area (Å²) >= 11 is 0. The largest absolute Gasteiger partial charge is 0.454 e. The van der Waals surface area contributed by atoms with Gasteiger partial charge in [0.2, 0.25) is 0 Å². The molecule has 0 aliphatic heterocycles. The van der Waals surface area contributed by atoms with Crippen molar-refractivity contribution in [3.63, 3.8) is 0 Å². The maximum atomic E-state index is 6.59. The minimum atomic E-state index is 0.895. The molecule has 4 heterocycles. The van der Waals surface area contributed by atoms with E-state index in [1.54, 1.807) is 0 Å². The molecule has 12 aromatic rings. The predicted molar refractivity (Wildman–Crippen MR) is 217 cm³/mol. The zero-order valence-corrected chi connectivity index (χ0v) is 28.0. The van der Waals surface area contributed by atoms with Crippen molar-refractivity contribution in [3.05, 3.63) is 176 Å². The van der Waals surface area contributed by atoms with Crippen LogP contribution in [0, 0.1) is 0 Å². The van der Waals surface area contributed by atoms with Crippen molar-refractivity contribution in [2.75, 3.05) is 0 Å². The lowest BCUT2D eigenvalue weighted by atomic mass is 10.1. The summed E-state index contributed by atoms with van der Waals surface area (Å²) in [6.07, 6.45) is 0. The van der Waals surface area contributed by atoms with E-state index in [1.807, 2.05) is 6.07 Å². The van der Waals surface area contributed by atoms with E-state index in [2.05, 4.69) is 184 Å². The second-order valence-electron chi connectivity index (χ2n) is 13.7. The summed E-state index contributed by atoms with van der Waals surface area (Å²) in [4.78, 5) is 0. The van der Waals surface area contributed by atoms with Gasteiger partial charge in [0.25, 0.3) is 0 Å². The molecule has 0 spiro atoms. The van der Waals surface area contributed by atoms with E-state index in [9.17, 15) is 0 Å². The van der Waals surface area contributed by atoms with Gasteiger partial charge in [0, 0.05) is 48.8 Å². The molecule has 0 bridgehead atoms. The normalized spacial score (nSPS) is 12.2. The quantitative estimate of drug-likeness (QED) is 0.185. The van der Waals surface area contributed by atoms with E-state index in [0.717, 1.165) is 50.0 Å². The lowest BCUT2D eigenvalue weighted by Gasteiger charge is -2.12. The number of para-hydroxylation sites is 6. The van der Waals surface area contributed by atoms with Gasteiger partial charge in [0.15, 0.2) is 5.58 Å². The molecule has 0 aliphatic carbocycles. The van der Waals surface area contributed by atoms with Gasteiger partial charge in [-0.25, -0.2) is 0 Å². The van der Waals surface area contributed by atoms with Crippen LogP contribution in [0.4, 0.5) is 0 Å². The molecule has 0 amide bonds. The van der Waals surface area contributed by atoms with Crippen molar-refractivity contribution >= 4 is 87.4 Å². The van der Waals surface area contributed by atoms with Gasteiger partial charge in [0.1, 0.15) is 5.58 Å². The van der Waals surface area contributed by atoms with Crippen molar-refractivity contribution in [2.45, 2.75) is 0 Å². The fourth-order valence-corrected chi connectivity index (χ4v) is 8.91. The Balaban J connectivity index is 1.16. The van der Waals surface area contributed by atoms with Crippen LogP contribution in [0.3, 0.4) is 0 Å². The predicted octanol–water partition coefficient (Wildman–Crippen LogP) is 12.9. The Bertz CT molecular complexity index is 3370. The number of fused-ring (bicyclic) bond motifs is 12. The molecule has 12 rings (SSSR count). The van der Waals surface area contributed by atoms with Gasteiger partial charge in [-0.1, -0.05) is 109 Å². The number of nitrogens with zero attached hydrogens (tertiary/aromatic N) is 3. The van der Waals surface area contributed by atoms with Crippen LogP contribution in [0.25, 0.3) is 104 Å². The van der Waals surface area contributed by atoms with E-state index in [4.69, 9.17) is 4.42 Å². The van der Waals surface area contributed by atoms with Crippen molar-refractivity contribution in [1.82, 2.24) is 13.7 Å². The number of hydrogen-bond acceptors (Lipinski definition) is 1. The maximum Gasteiger partial charge on any atom is 0.159 e. The van der Waals surface area contributed by atoms with Gasteiger partial charge in [-0.15, -0.1) is 0 Å². The maximum absolute atomic E-state index is 6.59. The second-order valence-corrected chi connectivity index (χ2v) is 13.7. The molecule has 0 fully saturated rings. The summed E-state index contributed by atoms with van der Waals surface area (Å²) in [7, 11) is 0. The first-order chi connectivity index (χ1) is 25.8. The minimum Gasteiger partial charge on any atom is -0.454 e. The van der Waals surface area contributed by atoms with E-state index in [0.29, 0.717) is 0 Å². The molecule has 0 radical (unpaired) electrons. The molecule has 242 valence electrons. The molecule has 0 N–H and O–H groups in total. The van der Waals surface area contributed by atoms with Crippen LogP contribution in [0.2, 0.25) is 0 Å². The first-order valence-electron chi connectivity index (χ1n) is 17.8. The molecule has 0 unspecified atom stereocenters. The topological polar surface area (TPSA) is 27.9 Å². The van der Waals surface area contributed by atoms with Gasteiger partial charge in [-0.2, -0.15) is 0 Å². The van der Waals surface area contributed by atoms with Crippen LogP contribution in [-0.4, -0.2) is 13.7 Å². The van der Waals surface area contributed by atoms with E-state index >= 15 is 0 Å².